The molecule has 0 aliphatic carbocycles. The molecule has 1 aliphatic heterocycles. The minimum atomic E-state index is -0.0750. The van der Waals surface area contributed by atoms with E-state index >= 15 is 0 Å². The second kappa shape index (κ2) is 9.21. The lowest BCUT2D eigenvalue weighted by molar-refractivity contribution is 0.0939. The molecule has 1 aromatic heterocycles. The number of para-hydroxylation sites is 1. The number of aromatic nitrogens is 2. The first-order valence-corrected chi connectivity index (χ1v) is 9.58. The fraction of sp³-hybridized carbons (Fsp3) is 0.450. The SMILES string of the molecule is CCn1nccc1C(=O)NCCC1CCN(C(=O)Nc2ccccc2)CC1. The molecule has 1 aliphatic rings. The molecule has 0 saturated carbocycles. The summed E-state index contributed by atoms with van der Waals surface area (Å²) in [5.74, 6) is 0.455. The molecule has 1 saturated heterocycles. The molecule has 0 spiro atoms. The van der Waals surface area contributed by atoms with Gasteiger partial charge in [0.2, 0.25) is 0 Å². The van der Waals surface area contributed by atoms with Crippen LogP contribution in [-0.4, -0.2) is 46.3 Å². The van der Waals surface area contributed by atoms with E-state index in [1.165, 1.54) is 0 Å². The minimum absolute atomic E-state index is 0.0409. The molecule has 27 heavy (non-hydrogen) atoms. The molecule has 144 valence electrons. The van der Waals surface area contributed by atoms with Crippen molar-refractivity contribution in [3.05, 3.63) is 48.3 Å². The number of likely N-dealkylation sites (tertiary alicyclic amines) is 1. The van der Waals surface area contributed by atoms with Crippen LogP contribution in [0.2, 0.25) is 0 Å². The zero-order chi connectivity index (χ0) is 19.1. The van der Waals surface area contributed by atoms with Crippen LogP contribution in [0, 0.1) is 5.92 Å². The van der Waals surface area contributed by atoms with Crippen molar-refractivity contribution in [3.63, 3.8) is 0 Å². The van der Waals surface area contributed by atoms with E-state index in [2.05, 4.69) is 15.7 Å². The van der Waals surface area contributed by atoms with E-state index in [1.807, 2.05) is 42.2 Å². The van der Waals surface area contributed by atoms with Crippen LogP contribution in [0.1, 0.15) is 36.7 Å². The highest BCUT2D eigenvalue weighted by Gasteiger charge is 2.23. The van der Waals surface area contributed by atoms with Crippen LogP contribution in [-0.2, 0) is 6.54 Å². The van der Waals surface area contributed by atoms with Gasteiger partial charge in [-0.3, -0.25) is 9.48 Å². The van der Waals surface area contributed by atoms with E-state index in [1.54, 1.807) is 16.9 Å². The van der Waals surface area contributed by atoms with Crippen LogP contribution in [0.25, 0.3) is 0 Å². The molecule has 2 N–H and O–H groups in total. The van der Waals surface area contributed by atoms with Gasteiger partial charge < -0.3 is 15.5 Å². The van der Waals surface area contributed by atoms with E-state index < -0.39 is 0 Å². The third-order valence-corrected chi connectivity index (χ3v) is 5.01. The number of nitrogens with zero attached hydrogens (tertiary/aromatic N) is 3. The number of hydrogen-bond acceptors (Lipinski definition) is 3. The molecule has 0 atom stereocenters. The average molecular weight is 369 g/mol. The molecule has 0 bridgehead atoms. The summed E-state index contributed by atoms with van der Waals surface area (Å²) in [6.45, 7) is 4.79. The number of rotatable bonds is 6. The van der Waals surface area contributed by atoms with Gasteiger partial charge in [0.25, 0.3) is 5.91 Å². The fourth-order valence-corrected chi connectivity index (χ4v) is 3.41. The first-order chi connectivity index (χ1) is 13.2. The summed E-state index contributed by atoms with van der Waals surface area (Å²) in [5, 5.41) is 10.0. The lowest BCUT2D eigenvalue weighted by atomic mass is 9.93. The van der Waals surface area contributed by atoms with Gasteiger partial charge in [-0.25, -0.2) is 4.79 Å². The first-order valence-electron chi connectivity index (χ1n) is 9.58. The van der Waals surface area contributed by atoms with E-state index in [4.69, 9.17) is 0 Å². The maximum atomic E-state index is 12.3. The summed E-state index contributed by atoms with van der Waals surface area (Å²) in [4.78, 5) is 26.4. The normalized spacial score (nSPS) is 14.8. The van der Waals surface area contributed by atoms with Crippen molar-refractivity contribution in [2.75, 3.05) is 25.0 Å². The Morgan fingerprint density at radius 1 is 1.15 bits per heavy atom. The number of hydrogen-bond donors (Lipinski definition) is 2. The zero-order valence-electron chi connectivity index (χ0n) is 15.7. The molecule has 1 aromatic carbocycles. The number of carbonyl (C=O) groups excluding carboxylic acids is 2. The lowest BCUT2D eigenvalue weighted by Gasteiger charge is -2.32. The lowest BCUT2D eigenvalue weighted by Crippen LogP contribution is -2.41. The average Bonchev–Trinajstić information content (AvgIpc) is 3.18. The van der Waals surface area contributed by atoms with Gasteiger partial charge in [-0.15, -0.1) is 0 Å². The van der Waals surface area contributed by atoms with Crippen molar-refractivity contribution in [2.24, 2.45) is 5.92 Å². The number of anilines is 1. The predicted octanol–water partition coefficient (Wildman–Crippen LogP) is 2.97. The largest absolute Gasteiger partial charge is 0.351 e. The Morgan fingerprint density at radius 3 is 2.59 bits per heavy atom. The van der Waals surface area contributed by atoms with Crippen molar-refractivity contribution in [2.45, 2.75) is 32.7 Å². The molecular weight excluding hydrogens is 342 g/mol. The second-order valence-electron chi connectivity index (χ2n) is 6.80. The molecule has 2 heterocycles. The summed E-state index contributed by atoms with van der Waals surface area (Å²) in [7, 11) is 0. The Morgan fingerprint density at radius 2 is 1.89 bits per heavy atom. The monoisotopic (exact) mass is 369 g/mol. The van der Waals surface area contributed by atoms with Gasteiger partial charge in [-0.1, -0.05) is 18.2 Å². The van der Waals surface area contributed by atoms with Gasteiger partial charge in [-0.2, -0.15) is 5.10 Å². The van der Waals surface area contributed by atoms with Crippen LogP contribution >= 0.6 is 0 Å². The number of piperidine rings is 1. The standard InChI is InChI=1S/C20H27N5O2/c1-2-25-18(9-13-22-25)19(26)21-12-8-16-10-14-24(15-11-16)20(27)23-17-6-4-3-5-7-17/h3-7,9,13,16H,2,8,10-12,14-15H2,1H3,(H,21,26)(H,23,27). The van der Waals surface area contributed by atoms with E-state index in [0.717, 1.165) is 38.0 Å². The molecule has 0 radical (unpaired) electrons. The van der Waals surface area contributed by atoms with Crippen LogP contribution in [0.15, 0.2) is 42.6 Å². The smallest absolute Gasteiger partial charge is 0.321 e. The summed E-state index contributed by atoms with van der Waals surface area (Å²) < 4.78 is 1.69. The highest BCUT2D eigenvalue weighted by Crippen LogP contribution is 2.21. The van der Waals surface area contributed by atoms with Gasteiger partial charge in [-0.05, 0) is 50.3 Å². The highest BCUT2D eigenvalue weighted by molar-refractivity contribution is 5.92. The van der Waals surface area contributed by atoms with Gasteiger partial charge in [0, 0.05) is 38.1 Å². The topological polar surface area (TPSA) is 79.3 Å². The number of aryl methyl sites for hydroxylation is 1. The van der Waals surface area contributed by atoms with E-state index in [9.17, 15) is 9.59 Å². The molecular formula is C20H27N5O2. The highest BCUT2D eigenvalue weighted by atomic mass is 16.2. The number of carbonyl (C=O) groups is 2. The molecule has 3 rings (SSSR count). The Labute approximate surface area is 159 Å². The second-order valence-corrected chi connectivity index (χ2v) is 6.80. The van der Waals surface area contributed by atoms with E-state index in [-0.39, 0.29) is 11.9 Å². The maximum Gasteiger partial charge on any atom is 0.321 e. The Kier molecular flexibility index (Phi) is 6.46. The van der Waals surface area contributed by atoms with Crippen molar-refractivity contribution in [1.82, 2.24) is 20.0 Å². The van der Waals surface area contributed by atoms with Crippen LogP contribution in [0.4, 0.5) is 10.5 Å². The minimum Gasteiger partial charge on any atom is -0.351 e. The number of urea groups is 1. The van der Waals surface area contributed by atoms with Crippen LogP contribution in [0.5, 0.6) is 0 Å². The van der Waals surface area contributed by atoms with Crippen molar-refractivity contribution in [3.8, 4) is 0 Å². The number of amides is 3. The van der Waals surface area contributed by atoms with Gasteiger partial charge in [0.15, 0.2) is 0 Å². The molecule has 1 fully saturated rings. The molecule has 2 aromatic rings. The third kappa shape index (κ3) is 5.09. The van der Waals surface area contributed by atoms with Crippen LogP contribution in [0.3, 0.4) is 0 Å². The molecule has 3 amide bonds. The van der Waals surface area contributed by atoms with Crippen molar-refractivity contribution in [1.29, 1.82) is 0 Å². The van der Waals surface area contributed by atoms with Gasteiger partial charge in [0.1, 0.15) is 5.69 Å². The Bertz CT molecular complexity index is 751. The quantitative estimate of drug-likeness (QED) is 0.822. The molecule has 7 nitrogen and oxygen atoms in total. The van der Waals surface area contributed by atoms with E-state index in [0.29, 0.717) is 24.7 Å². The Hall–Kier alpha value is -2.83. The fourth-order valence-electron chi connectivity index (χ4n) is 3.41. The molecule has 0 unspecified atom stereocenters. The first kappa shape index (κ1) is 18.9. The zero-order valence-corrected chi connectivity index (χ0v) is 15.7. The Balaban J connectivity index is 1.37. The summed E-state index contributed by atoms with van der Waals surface area (Å²) in [6, 6.07) is 11.2. The van der Waals surface area contributed by atoms with Crippen molar-refractivity contribution >= 4 is 17.6 Å². The number of benzene rings is 1. The van der Waals surface area contributed by atoms with Crippen LogP contribution < -0.4 is 10.6 Å². The number of nitrogens with one attached hydrogen (secondary N) is 2. The summed E-state index contributed by atoms with van der Waals surface area (Å²) >= 11 is 0. The summed E-state index contributed by atoms with van der Waals surface area (Å²) in [5.41, 5.74) is 1.42. The van der Waals surface area contributed by atoms with Gasteiger partial charge in [0.05, 0.1) is 0 Å². The van der Waals surface area contributed by atoms with Gasteiger partial charge >= 0.3 is 6.03 Å². The predicted molar refractivity (Wildman–Crippen MR) is 105 cm³/mol. The van der Waals surface area contributed by atoms with Crippen molar-refractivity contribution < 1.29 is 9.59 Å². The maximum absolute atomic E-state index is 12.3. The summed E-state index contributed by atoms with van der Waals surface area (Å²) in [6.07, 6.45) is 4.50. The molecule has 7 heteroatoms. The third-order valence-electron chi connectivity index (χ3n) is 5.01.